The quantitative estimate of drug-likeness (QED) is 0.244. The summed E-state index contributed by atoms with van der Waals surface area (Å²) in [6.07, 6.45) is 3.75. The van der Waals surface area contributed by atoms with Gasteiger partial charge in [-0.2, -0.15) is 5.10 Å². The van der Waals surface area contributed by atoms with E-state index in [0.29, 0.717) is 12.1 Å². The van der Waals surface area contributed by atoms with Gasteiger partial charge in [-0.05, 0) is 40.5 Å². The number of hydrogen-bond acceptors (Lipinski definition) is 5. The second-order valence-corrected chi connectivity index (χ2v) is 9.74. The standard InChI is InChI=1S/C28H24N4OS2/c33-28(26-8-3-4-9-27(26)35-19-24-18-34-20-30-24)29-16-23-6-1-2-7-25(23)22-12-10-21(11-13-22)17-32-15-5-14-31-32/h1-15,18,20H,16-17,19H2,(H,29,33). The van der Waals surface area contributed by atoms with Crippen molar-refractivity contribution in [3.05, 3.63) is 125 Å². The number of amides is 1. The van der Waals surface area contributed by atoms with Crippen molar-refractivity contribution in [3.8, 4) is 11.1 Å². The second kappa shape index (κ2) is 11.2. The number of nitrogens with zero attached hydrogens (tertiary/aromatic N) is 3. The molecule has 0 spiro atoms. The molecule has 5 nitrogen and oxygen atoms in total. The van der Waals surface area contributed by atoms with Crippen molar-refractivity contribution in [1.82, 2.24) is 20.1 Å². The van der Waals surface area contributed by atoms with Gasteiger partial charge in [-0.15, -0.1) is 23.1 Å². The summed E-state index contributed by atoms with van der Waals surface area (Å²) in [6, 6.07) is 26.4. The Morgan fingerprint density at radius 1 is 0.971 bits per heavy atom. The third-order valence-corrected chi connectivity index (χ3v) is 7.36. The van der Waals surface area contributed by atoms with E-state index >= 15 is 0 Å². The van der Waals surface area contributed by atoms with E-state index in [9.17, 15) is 4.79 Å². The summed E-state index contributed by atoms with van der Waals surface area (Å²) < 4.78 is 1.91. The van der Waals surface area contributed by atoms with Crippen LogP contribution in [0.2, 0.25) is 0 Å². The van der Waals surface area contributed by atoms with E-state index in [-0.39, 0.29) is 5.91 Å². The lowest BCUT2D eigenvalue weighted by molar-refractivity contribution is 0.0948. The van der Waals surface area contributed by atoms with Crippen LogP contribution in [0.4, 0.5) is 0 Å². The highest BCUT2D eigenvalue weighted by molar-refractivity contribution is 7.98. The molecular weight excluding hydrogens is 472 g/mol. The maximum Gasteiger partial charge on any atom is 0.252 e. The van der Waals surface area contributed by atoms with Crippen LogP contribution < -0.4 is 5.32 Å². The maximum absolute atomic E-state index is 13.1. The van der Waals surface area contributed by atoms with Crippen molar-refractivity contribution in [2.24, 2.45) is 0 Å². The zero-order valence-corrected chi connectivity index (χ0v) is 20.6. The molecule has 5 rings (SSSR count). The molecule has 3 aromatic carbocycles. The molecule has 0 saturated carbocycles. The van der Waals surface area contributed by atoms with Gasteiger partial charge < -0.3 is 5.32 Å². The van der Waals surface area contributed by atoms with Crippen LogP contribution in [0.1, 0.15) is 27.2 Å². The van der Waals surface area contributed by atoms with Gasteiger partial charge in [-0.1, -0.05) is 60.7 Å². The van der Waals surface area contributed by atoms with Crippen LogP contribution >= 0.6 is 23.1 Å². The lowest BCUT2D eigenvalue weighted by Gasteiger charge is -2.13. The SMILES string of the molecule is O=C(NCc1ccccc1-c1ccc(Cn2cccn2)cc1)c1ccccc1SCc1cscn1. The van der Waals surface area contributed by atoms with Crippen molar-refractivity contribution in [2.45, 2.75) is 23.7 Å². The van der Waals surface area contributed by atoms with Gasteiger partial charge in [0.2, 0.25) is 0 Å². The summed E-state index contributed by atoms with van der Waals surface area (Å²) in [7, 11) is 0. The zero-order valence-electron chi connectivity index (χ0n) is 19.0. The first-order valence-corrected chi connectivity index (χ1v) is 13.2. The van der Waals surface area contributed by atoms with Crippen molar-refractivity contribution >= 4 is 29.0 Å². The molecule has 0 aliphatic rings. The average Bonchev–Trinajstić information content (AvgIpc) is 3.62. The number of carbonyl (C=O) groups is 1. The van der Waals surface area contributed by atoms with Crippen LogP contribution in [0.3, 0.4) is 0 Å². The Kier molecular flexibility index (Phi) is 7.36. The first kappa shape index (κ1) is 23.1. The van der Waals surface area contributed by atoms with Crippen molar-refractivity contribution in [1.29, 1.82) is 0 Å². The lowest BCUT2D eigenvalue weighted by Crippen LogP contribution is -2.23. The average molecular weight is 497 g/mol. The van der Waals surface area contributed by atoms with E-state index in [1.54, 1.807) is 29.3 Å². The zero-order chi connectivity index (χ0) is 23.9. The molecule has 0 radical (unpaired) electrons. The number of thioether (sulfide) groups is 1. The van der Waals surface area contributed by atoms with Crippen molar-refractivity contribution in [3.63, 3.8) is 0 Å². The van der Waals surface area contributed by atoms with Crippen LogP contribution in [0, 0.1) is 0 Å². The minimum absolute atomic E-state index is 0.0734. The third-order valence-electron chi connectivity index (χ3n) is 5.62. The summed E-state index contributed by atoms with van der Waals surface area (Å²) in [4.78, 5) is 18.4. The van der Waals surface area contributed by atoms with E-state index in [1.165, 1.54) is 5.56 Å². The molecule has 0 unspecified atom stereocenters. The summed E-state index contributed by atoms with van der Waals surface area (Å²) in [5, 5.41) is 9.44. The topological polar surface area (TPSA) is 59.8 Å². The Hall–Kier alpha value is -3.68. The monoisotopic (exact) mass is 496 g/mol. The highest BCUT2D eigenvalue weighted by atomic mass is 32.2. The van der Waals surface area contributed by atoms with E-state index in [1.807, 2.05) is 64.2 Å². The molecule has 0 aliphatic carbocycles. The molecule has 1 N–H and O–H groups in total. The summed E-state index contributed by atoms with van der Waals surface area (Å²) >= 11 is 3.22. The Bertz CT molecular complexity index is 1380. The molecule has 0 atom stereocenters. The Labute approximate surface area is 212 Å². The van der Waals surface area contributed by atoms with Gasteiger partial charge >= 0.3 is 0 Å². The number of hydrogen-bond donors (Lipinski definition) is 1. The Morgan fingerprint density at radius 3 is 2.60 bits per heavy atom. The second-order valence-electron chi connectivity index (χ2n) is 8.01. The minimum atomic E-state index is -0.0734. The molecule has 7 heteroatoms. The van der Waals surface area contributed by atoms with Gasteiger partial charge in [0.15, 0.2) is 0 Å². The van der Waals surface area contributed by atoms with Crippen LogP contribution in [0.5, 0.6) is 0 Å². The molecule has 0 saturated heterocycles. The van der Waals surface area contributed by atoms with E-state index in [4.69, 9.17) is 0 Å². The van der Waals surface area contributed by atoms with E-state index in [2.05, 4.69) is 51.8 Å². The number of benzene rings is 3. The fraction of sp³-hybridized carbons (Fsp3) is 0.107. The summed E-state index contributed by atoms with van der Waals surface area (Å²) in [6.45, 7) is 1.19. The molecule has 35 heavy (non-hydrogen) atoms. The fourth-order valence-electron chi connectivity index (χ4n) is 3.84. The van der Waals surface area contributed by atoms with Crippen LogP contribution in [0.15, 0.2) is 107 Å². The lowest BCUT2D eigenvalue weighted by atomic mass is 9.98. The third kappa shape index (κ3) is 5.88. The van der Waals surface area contributed by atoms with Gasteiger partial charge in [0.25, 0.3) is 5.91 Å². The number of rotatable bonds is 9. The molecule has 2 heterocycles. The molecule has 2 aromatic heterocycles. The number of carbonyl (C=O) groups excluding carboxylic acids is 1. The predicted octanol–water partition coefficient (Wildman–Crippen LogP) is 6.28. The smallest absolute Gasteiger partial charge is 0.252 e. The predicted molar refractivity (Wildman–Crippen MR) is 142 cm³/mol. The highest BCUT2D eigenvalue weighted by Crippen LogP contribution is 2.27. The first-order chi connectivity index (χ1) is 17.3. The van der Waals surface area contributed by atoms with Crippen LogP contribution in [-0.2, 0) is 18.8 Å². The molecule has 0 bridgehead atoms. The maximum atomic E-state index is 13.1. The van der Waals surface area contributed by atoms with Gasteiger partial charge in [0, 0.05) is 35.0 Å². The van der Waals surface area contributed by atoms with Crippen LogP contribution in [0.25, 0.3) is 11.1 Å². The number of thiazole rings is 1. The summed E-state index contributed by atoms with van der Waals surface area (Å²) in [5.41, 5.74) is 8.05. The first-order valence-electron chi connectivity index (χ1n) is 11.3. The molecule has 0 aliphatic heterocycles. The van der Waals surface area contributed by atoms with E-state index in [0.717, 1.165) is 39.6 Å². The largest absolute Gasteiger partial charge is 0.348 e. The number of aromatic nitrogens is 3. The van der Waals surface area contributed by atoms with Gasteiger partial charge in [-0.3, -0.25) is 9.48 Å². The van der Waals surface area contributed by atoms with Gasteiger partial charge in [-0.25, -0.2) is 4.98 Å². The van der Waals surface area contributed by atoms with E-state index < -0.39 is 0 Å². The minimum Gasteiger partial charge on any atom is -0.348 e. The fourth-order valence-corrected chi connectivity index (χ4v) is 5.45. The Morgan fingerprint density at radius 2 is 1.80 bits per heavy atom. The normalized spacial score (nSPS) is 10.9. The molecule has 174 valence electrons. The molecule has 0 fully saturated rings. The summed E-state index contributed by atoms with van der Waals surface area (Å²) in [5.74, 6) is 0.670. The molecule has 1 amide bonds. The Balaban J connectivity index is 1.27. The highest BCUT2D eigenvalue weighted by Gasteiger charge is 2.13. The molecular formula is C28H24N4OS2. The van der Waals surface area contributed by atoms with Crippen molar-refractivity contribution < 1.29 is 4.79 Å². The van der Waals surface area contributed by atoms with Gasteiger partial charge in [0.1, 0.15) is 0 Å². The van der Waals surface area contributed by atoms with Crippen LogP contribution in [-0.4, -0.2) is 20.7 Å². The molecule has 5 aromatic rings. The van der Waals surface area contributed by atoms with Crippen molar-refractivity contribution in [2.75, 3.05) is 0 Å². The number of nitrogens with one attached hydrogen (secondary N) is 1. The van der Waals surface area contributed by atoms with Gasteiger partial charge in [0.05, 0.1) is 23.3 Å².